The molecule has 2 amide bonds. The number of carboxylic acid groups (broad SMARTS) is 1. The van der Waals surface area contributed by atoms with Gasteiger partial charge in [0, 0.05) is 18.3 Å². The first-order chi connectivity index (χ1) is 10.1. The minimum atomic E-state index is -1.00. The lowest BCUT2D eigenvalue weighted by Gasteiger charge is -2.33. The van der Waals surface area contributed by atoms with Gasteiger partial charge in [0.15, 0.2) is 0 Å². The number of hydrogen-bond acceptors (Lipinski definition) is 2. The van der Waals surface area contributed by atoms with Crippen LogP contribution in [0, 0.1) is 0 Å². The zero-order valence-corrected chi connectivity index (χ0v) is 12.4. The molecule has 1 fully saturated rings. The van der Waals surface area contributed by atoms with Gasteiger partial charge in [0.1, 0.15) is 6.54 Å². The normalized spacial score (nSPS) is 18.9. The molecule has 114 valence electrons. The van der Waals surface area contributed by atoms with Crippen LogP contribution in [0.15, 0.2) is 30.3 Å². The minimum Gasteiger partial charge on any atom is -0.480 e. The predicted molar refractivity (Wildman–Crippen MR) is 81.5 cm³/mol. The molecule has 1 aliphatic heterocycles. The van der Waals surface area contributed by atoms with Gasteiger partial charge < -0.3 is 10.0 Å². The Bertz CT molecular complexity index is 490. The van der Waals surface area contributed by atoms with E-state index < -0.39 is 5.97 Å². The summed E-state index contributed by atoms with van der Waals surface area (Å²) < 4.78 is 0. The fourth-order valence-electron chi connectivity index (χ4n) is 2.73. The van der Waals surface area contributed by atoms with E-state index in [2.05, 4.69) is 0 Å². The highest BCUT2D eigenvalue weighted by Gasteiger charge is 2.28. The Morgan fingerprint density at radius 2 is 1.95 bits per heavy atom. The molecule has 0 aliphatic carbocycles. The van der Waals surface area contributed by atoms with Gasteiger partial charge in [-0.05, 0) is 31.9 Å². The molecular formula is C16H22N2O3. The monoisotopic (exact) mass is 290 g/mol. The molecule has 0 bridgehead atoms. The number of nitrogens with zero attached hydrogens (tertiary/aromatic N) is 2. The van der Waals surface area contributed by atoms with Crippen LogP contribution in [0.5, 0.6) is 0 Å². The van der Waals surface area contributed by atoms with Gasteiger partial charge in [0.05, 0.1) is 0 Å². The lowest BCUT2D eigenvalue weighted by atomic mass is 10.1. The molecule has 0 aromatic heterocycles. The molecule has 21 heavy (non-hydrogen) atoms. The van der Waals surface area contributed by atoms with Crippen molar-refractivity contribution in [1.29, 1.82) is 0 Å². The third kappa shape index (κ3) is 3.97. The molecule has 1 aromatic carbocycles. The number of aliphatic carboxylic acids is 1. The van der Waals surface area contributed by atoms with E-state index in [9.17, 15) is 9.59 Å². The zero-order valence-electron chi connectivity index (χ0n) is 12.4. The third-order valence-corrected chi connectivity index (χ3v) is 3.89. The number of rotatable bonds is 3. The number of carbonyl (C=O) groups excluding carboxylic acids is 1. The van der Waals surface area contributed by atoms with Crippen LogP contribution in [0.3, 0.4) is 0 Å². The lowest BCUT2D eigenvalue weighted by molar-refractivity contribution is -0.135. The number of amides is 2. The van der Waals surface area contributed by atoms with E-state index in [1.54, 1.807) is 12.1 Å². The summed E-state index contributed by atoms with van der Waals surface area (Å²) >= 11 is 0. The number of benzene rings is 1. The molecule has 0 radical (unpaired) electrons. The topological polar surface area (TPSA) is 60.9 Å². The van der Waals surface area contributed by atoms with Gasteiger partial charge in [-0.3, -0.25) is 9.69 Å². The summed E-state index contributed by atoms with van der Waals surface area (Å²) in [5.74, 6) is -1.00. The van der Waals surface area contributed by atoms with Crippen molar-refractivity contribution in [1.82, 2.24) is 4.90 Å². The van der Waals surface area contributed by atoms with Gasteiger partial charge in [-0.25, -0.2) is 4.79 Å². The maximum atomic E-state index is 12.8. The van der Waals surface area contributed by atoms with Gasteiger partial charge in [-0.15, -0.1) is 0 Å². The van der Waals surface area contributed by atoms with Gasteiger partial charge >= 0.3 is 12.0 Å². The van der Waals surface area contributed by atoms with Crippen molar-refractivity contribution in [3.63, 3.8) is 0 Å². The highest BCUT2D eigenvalue weighted by Crippen LogP contribution is 2.21. The lowest BCUT2D eigenvalue weighted by Crippen LogP contribution is -2.49. The van der Waals surface area contributed by atoms with Crippen LogP contribution in [0.4, 0.5) is 10.5 Å². The Kier molecular flexibility index (Phi) is 5.20. The predicted octanol–water partition coefficient (Wildman–Crippen LogP) is 2.96. The number of likely N-dealkylation sites (tertiary alicyclic amines) is 1. The molecule has 2 rings (SSSR count). The molecule has 1 N–H and O–H groups in total. The Morgan fingerprint density at radius 1 is 1.24 bits per heavy atom. The van der Waals surface area contributed by atoms with Gasteiger partial charge in [-0.1, -0.05) is 31.0 Å². The average molecular weight is 290 g/mol. The third-order valence-electron chi connectivity index (χ3n) is 3.89. The van der Waals surface area contributed by atoms with E-state index >= 15 is 0 Å². The first-order valence-electron chi connectivity index (χ1n) is 7.44. The zero-order chi connectivity index (χ0) is 15.2. The Labute approximate surface area is 125 Å². The summed E-state index contributed by atoms with van der Waals surface area (Å²) in [5, 5.41) is 9.10. The van der Waals surface area contributed by atoms with E-state index in [0.717, 1.165) is 25.7 Å². The second-order valence-corrected chi connectivity index (χ2v) is 5.49. The molecule has 0 spiro atoms. The maximum absolute atomic E-state index is 12.8. The Morgan fingerprint density at radius 3 is 2.62 bits per heavy atom. The molecule has 0 saturated carbocycles. The van der Waals surface area contributed by atoms with Crippen molar-refractivity contribution in [2.24, 2.45) is 0 Å². The average Bonchev–Trinajstić information content (AvgIpc) is 2.69. The quantitative estimate of drug-likeness (QED) is 0.931. The van der Waals surface area contributed by atoms with Crippen molar-refractivity contribution >= 4 is 17.7 Å². The maximum Gasteiger partial charge on any atom is 0.325 e. The van der Waals surface area contributed by atoms with E-state index in [1.165, 1.54) is 4.90 Å². The highest BCUT2D eigenvalue weighted by atomic mass is 16.4. The molecule has 1 saturated heterocycles. The van der Waals surface area contributed by atoms with E-state index in [-0.39, 0.29) is 18.6 Å². The van der Waals surface area contributed by atoms with Crippen LogP contribution < -0.4 is 4.90 Å². The van der Waals surface area contributed by atoms with Crippen LogP contribution in [0.25, 0.3) is 0 Å². The van der Waals surface area contributed by atoms with E-state index in [0.29, 0.717) is 12.2 Å². The van der Waals surface area contributed by atoms with Crippen LogP contribution in [-0.2, 0) is 4.79 Å². The summed E-state index contributed by atoms with van der Waals surface area (Å²) in [6, 6.07) is 8.94. The number of carbonyl (C=O) groups is 2. The van der Waals surface area contributed by atoms with Crippen molar-refractivity contribution in [3.8, 4) is 0 Å². The summed E-state index contributed by atoms with van der Waals surface area (Å²) in [5.41, 5.74) is 0.626. The second-order valence-electron chi connectivity index (χ2n) is 5.49. The standard InChI is InChI=1S/C16H22N2O3/c1-13-8-4-3-7-11-17(13)16(21)18(12-15(19)20)14-9-5-2-6-10-14/h2,5-6,9-10,13H,3-4,7-8,11-12H2,1H3,(H,19,20). The van der Waals surface area contributed by atoms with Crippen LogP contribution in [-0.4, -0.2) is 41.1 Å². The molecule has 1 aliphatic rings. The largest absolute Gasteiger partial charge is 0.480 e. The number of hydrogen-bond donors (Lipinski definition) is 1. The second kappa shape index (κ2) is 7.11. The van der Waals surface area contributed by atoms with Gasteiger partial charge in [0.25, 0.3) is 0 Å². The van der Waals surface area contributed by atoms with Crippen LogP contribution >= 0.6 is 0 Å². The molecule has 1 unspecified atom stereocenters. The van der Waals surface area contributed by atoms with Crippen LogP contribution in [0.2, 0.25) is 0 Å². The highest BCUT2D eigenvalue weighted by molar-refractivity contribution is 5.96. The first-order valence-corrected chi connectivity index (χ1v) is 7.44. The summed E-state index contributed by atoms with van der Waals surface area (Å²) in [6.07, 6.45) is 4.20. The Balaban J connectivity index is 2.23. The van der Waals surface area contributed by atoms with E-state index in [4.69, 9.17) is 5.11 Å². The molecule has 1 atom stereocenters. The van der Waals surface area contributed by atoms with Gasteiger partial charge in [-0.2, -0.15) is 0 Å². The summed E-state index contributed by atoms with van der Waals surface area (Å²) in [4.78, 5) is 27.1. The van der Waals surface area contributed by atoms with Crippen LogP contribution in [0.1, 0.15) is 32.6 Å². The van der Waals surface area contributed by atoms with Crippen molar-refractivity contribution in [2.75, 3.05) is 18.0 Å². The first kappa shape index (κ1) is 15.4. The number of para-hydroxylation sites is 1. The van der Waals surface area contributed by atoms with Gasteiger partial charge in [0.2, 0.25) is 0 Å². The number of carboxylic acids is 1. The van der Waals surface area contributed by atoms with Crippen molar-refractivity contribution in [2.45, 2.75) is 38.6 Å². The van der Waals surface area contributed by atoms with Crippen molar-refractivity contribution < 1.29 is 14.7 Å². The Hall–Kier alpha value is -2.04. The SMILES string of the molecule is CC1CCCCCN1C(=O)N(CC(=O)O)c1ccccc1. The van der Waals surface area contributed by atoms with Crippen molar-refractivity contribution in [3.05, 3.63) is 30.3 Å². The molecule has 5 heteroatoms. The molecule has 1 heterocycles. The fraction of sp³-hybridized carbons (Fsp3) is 0.500. The van der Waals surface area contributed by atoms with E-state index in [1.807, 2.05) is 30.0 Å². The number of urea groups is 1. The smallest absolute Gasteiger partial charge is 0.325 e. The summed E-state index contributed by atoms with van der Waals surface area (Å²) in [7, 11) is 0. The molecule has 1 aromatic rings. The molecular weight excluding hydrogens is 268 g/mol. The number of anilines is 1. The molecule has 5 nitrogen and oxygen atoms in total. The minimum absolute atomic E-state index is 0.153. The summed E-state index contributed by atoms with van der Waals surface area (Å²) in [6.45, 7) is 2.42. The fourth-order valence-corrected chi connectivity index (χ4v) is 2.73.